The second kappa shape index (κ2) is 3.98. The van der Waals surface area contributed by atoms with Gasteiger partial charge in [0.05, 0.1) is 11.9 Å². The number of aliphatic hydroxyl groups is 1. The third-order valence-electron chi connectivity index (χ3n) is 1.82. The largest absolute Gasteiger partial charge is 0.398 e. The lowest BCUT2D eigenvalue weighted by Gasteiger charge is -2.11. The van der Waals surface area contributed by atoms with E-state index in [9.17, 15) is 13.5 Å². The lowest BCUT2D eigenvalue weighted by Crippen LogP contribution is -2.14. The summed E-state index contributed by atoms with van der Waals surface area (Å²) in [5, 5.41) is 9.58. The molecule has 1 unspecified atom stereocenters. The number of nitrogens with two attached hydrogens (primary N) is 1. The molecule has 0 aliphatic carbocycles. The summed E-state index contributed by atoms with van der Waals surface area (Å²) in [7, 11) is -3.19. The fraction of sp³-hybridized carbons (Fsp3) is 0.333. The van der Waals surface area contributed by atoms with Crippen LogP contribution >= 0.6 is 0 Å². The van der Waals surface area contributed by atoms with E-state index in [1.807, 2.05) is 0 Å². The summed E-state index contributed by atoms with van der Waals surface area (Å²) in [6.07, 6.45) is 0.0289. The van der Waals surface area contributed by atoms with E-state index in [0.717, 1.165) is 6.26 Å². The van der Waals surface area contributed by atoms with Gasteiger partial charge in [-0.1, -0.05) is 18.2 Å². The predicted molar refractivity (Wildman–Crippen MR) is 55.5 cm³/mol. The molecule has 0 amide bonds. The third-order valence-corrected chi connectivity index (χ3v) is 2.74. The van der Waals surface area contributed by atoms with Gasteiger partial charge in [0.15, 0.2) is 0 Å². The van der Waals surface area contributed by atoms with Crippen molar-refractivity contribution in [1.29, 1.82) is 0 Å². The maximum Gasteiger partial charge on any atom is 0.150 e. The molecule has 0 fully saturated rings. The van der Waals surface area contributed by atoms with Gasteiger partial charge >= 0.3 is 0 Å². The third kappa shape index (κ3) is 3.01. The molecule has 0 heterocycles. The molecule has 0 aliphatic rings. The van der Waals surface area contributed by atoms with Crippen molar-refractivity contribution in [2.45, 2.75) is 6.10 Å². The Hall–Kier alpha value is -1.07. The minimum atomic E-state index is -3.19. The molecule has 78 valence electrons. The molecule has 0 saturated carbocycles. The zero-order valence-corrected chi connectivity index (χ0v) is 8.66. The van der Waals surface area contributed by atoms with Gasteiger partial charge in [-0.25, -0.2) is 8.42 Å². The van der Waals surface area contributed by atoms with Crippen LogP contribution in [0, 0.1) is 0 Å². The molecule has 1 aromatic carbocycles. The smallest absolute Gasteiger partial charge is 0.150 e. The van der Waals surface area contributed by atoms with E-state index >= 15 is 0 Å². The normalized spacial score (nSPS) is 13.9. The Balaban J connectivity index is 2.90. The molecule has 3 N–H and O–H groups in total. The monoisotopic (exact) mass is 215 g/mol. The highest BCUT2D eigenvalue weighted by atomic mass is 32.2. The second-order valence-electron chi connectivity index (χ2n) is 3.24. The zero-order valence-electron chi connectivity index (χ0n) is 7.84. The van der Waals surface area contributed by atoms with Gasteiger partial charge in [-0.15, -0.1) is 0 Å². The number of nitrogen functional groups attached to an aromatic ring is 1. The fourth-order valence-electron chi connectivity index (χ4n) is 1.19. The van der Waals surface area contributed by atoms with Crippen LogP contribution in [0.15, 0.2) is 24.3 Å². The highest BCUT2D eigenvalue weighted by Gasteiger charge is 2.15. The summed E-state index contributed by atoms with van der Waals surface area (Å²) in [5.41, 5.74) is 6.45. The molecular weight excluding hydrogens is 202 g/mol. The minimum Gasteiger partial charge on any atom is -0.398 e. The van der Waals surface area contributed by atoms with E-state index < -0.39 is 15.9 Å². The molecule has 14 heavy (non-hydrogen) atoms. The van der Waals surface area contributed by atoms with Crippen LogP contribution in [0.25, 0.3) is 0 Å². The van der Waals surface area contributed by atoms with Crippen LogP contribution in [0.5, 0.6) is 0 Å². The standard InChI is InChI=1S/C9H13NO3S/c1-14(12,13)6-9(11)7-4-2-3-5-8(7)10/h2-5,9,11H,6,10H2,1H3. The van der Waals surface area contributed by atoms with Gasteiger partial charge < -0.3 is 10.8 Å². The minimum absolute atomic E-state index is 0.304. The molecule has 4 nitrogen and oxygen atoms in total. The molecule has 0 aliphatic heterocycles. The van der Waals surface area contributed by atoms with Crippen molar-refractivity contribution in [2.75, 3.05) is 17.7 Å². The SMILES string of the molecule is CS(=O)(=O)CC(O)c1ccccc1N. The molecule has 0 saturated heterocycles. The first-order valence-corrected chi connectivity index (χ1v) is 6.16. The van der Waals surface area contributed by atoms with Gasteiger partial charge in [0.2, 0.25) is 0 Å². The summed E-state index contributed by atoms with van der Waals surface area (Å²) >= 11 is 0. The van der Waals surface area contributed by atoms with Crippen LogP contribution < -0.4 is 5.73 Å². The quantitative estimate of drug-likeness (QED) is 0.713. The Labute approximate surface area is 83.3 Å². The van der Waals surface area contributed by atoms with Gasteiger partial charge in [-0.05, 0) is 6.07 Å². The average Bonchev–Trinajstić information content (AvgIpc) is 2.01. The van der Waals surface area contributed by atoms with Crippen LogP contribution in [-0.4, -0.2) is 25.5 Å². The van der Waals surface area contributed by atoms with Crippen LogP contribution in [0.1, 0.15) is 11.7 Å². The summed E-state index contributed by atoms with van der Waals surface area (Å²) in [5.74, 6) is -0.304. The Morgan fingerprint density at radius 2 is 2.00 bits per heavy atom. The van der Waals surface area contributed by atoms with E-state index in [4.69, 9.17) is 5.73 Å². The van der Waals surface area contributed by atoms with Crippen LogP contribution in [-0.2, 0) is 9.84 Å². The molecule has 1 rings (SSSR count). The van der Waals surface area contributed by atoms with Crippen molar-refractivity contribution in [3.8, 4) is 0 Å². The van der Waals surface area contributed by atoms with Crippen molar-refractivity contribution in [1.82, 2.24) is 0 Å². The summed E-state index contributed by atoms with van der Waals surface area (Å²) in [4.78, 5) is 0. The van der Waals surface area contributed by atoms with E-state index in [0.29, 0.717) is 11.3 Å². The number of hydrogen-bond acceptors (Lipinski definition) is 4. The fourth-order valence-corrected chi connectivity index (χ4v) is 1.94. The first-order chi connectivity index (χ1) is 6.40. The molecule has 0 bridgehead atoms. The number of sulfone groups is 1. The van der Waals surface area contributed by atoms with Crippen LogP contribution in [0.2, 0.25) is 0 Å². The number of para-hydroxylation sites is 1. The number of hydrogen-bond donors (Lipinski definition) is 2. The topological polar surface area (TPSA) is 80.4 Å². The lowest BCUT2D eigenvalue weighted by atomic mass is 10.1. The maximum atomic E-state index is 10.9. The molecule has 5 heteroatoms. The van der Waals surface area contributed by atoms with Crippen LogP contribution in [0.3, 0.4) is 0 Å². The Morgan fingerprint density at radius 3 is 2.50 bits per heavy atom. The zero-order chi connectivity index (χ0) is 10.8. The number of benzene rings is 1. The van der Waals surface area contributed by atoms with Crippen LogP contribution in [0.4, 0.5) is 5.69 Å². The molecule has 0 radical (unpaired) electrons. The van der Waals surface area contributed by atoms with E-state index in [-0.39, 0.29) is 5.75 Å². The predicted octanol–water partition coefficient (Wildman–Crippen LogP) is 0.347. The summed E-state index contributed by atoms with van der Waals surface area (Å²) in [6.45, 7) is 0. The van der Waals surface area contributed by atoms with E-state index in [1.165, 1.54) is 0 Å². The second-order valence-corrected chi connectivity index (χ2v) is 5.42. The number of rotatable bonds is 3. The molecular formula is C9H13NO3S. The maximum absolute atomic E-state index is 10.9. The van der Waals surface area contributed by atoms with Gasteiger partial charge in [-0.2, -0.15) is 0 Å². The highest BCUT2D eigenvalue weighted by molar-refractivity contribution is 7.90. The van der Waals surface area contributed by atoms with Gasteiger partial charge in [0, 0.05) is 17.5 Å². The van der Waals surface area contributed by atoms with Crippen molar-refractivity contribution in [3.63, 3.8) is 0 Å². The van der Waals surface area contributed by atoms with E-state index in [1.54, 1.807) is 24.3 Å². The van der Waals surface area contributed by atoms with Crippen molar-refractivity contribution >= 4 is 15.5 Å². The highest BCUT2D eigenvalue weighted by Crippen LogP contribution is 2.20. The summed E-state index contributed by atoms with van der Waals surface area (Å²) in [6, 6.07) is 6.68. The molecule has 0 aromatic heterocycles. The van der Waals surface area contributed by atoms with Crippen molar-refractivity contribution in [2.24, 2.45) is 0 Å². The summed E-state index contributed by atoms with van der Waals surface area (Å²) < 4.78 is 21.9. The van der Waals surface area contributed by atoms with Crippen molar-refractivity contribution < 1.29 is 13.5 Å². The Kier molecular flexibility index (Phi) is 3.13. The molecule has 0 spiro atoms. The first kappa shape index (κ1) is 11.0. The van der Waals surface area contributed by atoms with Gasteiger partial charge in [0.25, 0.3) is 0 Å². The molecule has 1 atom stereocenters. The van der Waals surface area contributed by atoms with Gasteiger partial charge in [0.1, 0.15) is 9.84 Å². The number of anilines is 1. The first-order valence-electron chi connectivity index (χ1n) is 4.10. The van der Waals surface area contributed by atoms with E-state index in [2.05, 4.69) is 0 Å². The Morgan fingerprint density at radius 1 is 1.43 bits per heavy atom. The van der Waals surface area contributed by atoms with Crippen molar-refractivity contribution in [3.05, 3.63) is 29.8 Å². The Bertz CT molecular complexity index is 414. The lowest BCUT2D eigenvalue weighted by molar-refractivity contribution is 0.202. The number of aliphatic hydroxyl groups excluding tert-OH is 1. The average molecular weight is 215 g/mol. The molecule has 1 aromatic rings. The van der Waals surface area contributed by atoms with Gasteiger partial charge in [-0.3, -0.25) is 0 Å².